The van der Waals surface area contributed by atoms with Gasteiger partial charge >= 0.3 is 0 Å². The molecule has 0 saturated heterocycles. The number of carbonyl (C=O) groups is 1. The number of benzene rings is 3. The molecule has 162 valence electrons. The topological polar surface area (TPSA) is 62.6 Å². The predicted octanol–water partition coefficient (Wildman–Crippen LogP) is 5.10. The Morgan fingerprint density at radius 2 is 1.59 bits per heavy atom. The normalized spacial score (nSPS) is 10.6. The van der Waals surface area contributed by atoms with Gasteiger partial charge in [-0.2, -0.15) is 0 Å². The van der Waals surface area contributed by atoms with E-state index in [4.69, 9.17) is 14.2 Å². The zero-order valence-corrected chi connectivity index (χ0v) is 18.5. The summed E-state index contributed by atoms with van der Waals surface area (Å²) < 4.78 is 18.3. The van der Waals surface area contributed by atoms with Gasteiger partial charge in [-0.25, -0.2) is 4.98 Å². The summed E-state index contributed by atoms with van der Waals surface area (Å²) in [6, 6.07) is 18.5. The minimum Gasteiger partial charge on any atom is -0.497 e. The van der Waals surface area contributed by atoms with E-state index < -0.39 is 0 Å². The van der Waals surface area contributed by atoms with Gasteiger partial charge in [-0.3, -0.25) is 4.79 Å². The molecule has 0 aliphatic carbocycles. The number of aryl methyl sites for hydroxylation is 1. The molecule has 0 spiro atoms. The average Bonchev–Trinajstić information content (AvgIpc) is 3.28. The molecule has 0 aliphatic rings. The Labute approximate surface area is 187 Å². The quantitative estimate of drug-likeness (QED) is 0.383. The van der Waals surface area contributed by atoms with E-state index in [-0.39, 0.29) is 5.78 Å². The van der Waals surface area contributed by atoms with Crippen LogP contribution in [-0.4, -0.2) is 36.7 Å². The lowest BCUT2D eigenvalue weighted by Gasteiger charge is -2.14. The van der Waals surface area contributed by atoms with Crippen LogP contribution in [0.1, 0.15) is 21.6 Å². The van der Waals surface area contributed by atoms with Gasteiger partial charge in [0.25, 0.3) is 0 Å². The van der Waals surface area contributed by atoms with Gasteiger partial charge < -0.3 is 18.8 Å². The molecule has 6 heteroatoms. The van der Waals surface area contributed by atoms with Crippen molar-refractivity contribution in [3.05, 3.63) is 90.0 Å². The standard InChI is InChI=1S/C26H24N2O4/c1-17-15-28(16-27-17)24-10-9-18(13-25(24)32-4)26(29)23-8-6-5-7-22(23)19-11-20(30-2)14-21(12-19)31-3/h5-16H,1-4H3. The summed E-state index contributed by atoms with van der Waals surface area (Å²) >= 11 is 0. The van der Waals surface area contributed by atoms with Gasteiger partial charge in [0.15, 0.2) is 5.78 Å². The van der Waals surface area contributed by atoms with E-state index in [1.54, 1.807) is 45.9 Å². The molecule has 0 fully saturated rings. The van der Waals surface area contributed by atoms with Crippen molar-refractivity contribution in [3.63, 3.8) is 0 Å². The zero-order valence-electron chi connectivity index (χ0n) is 18.5. The van der Waals surface area contributed by atoms with Crippen LogP contribution in [0.3, 0.4) is 0 Å². The highest BCUT2D eigenvalue weighted by Crippen LogP contribution is 2.33. The molecule has 0 N–H and O–H groups in total. The molecule has 1 aromatic heterocycles. The van der Waals surface area contributed by atoms with E-state index in [0.717, 1.165) is 22.5 Å². The SMILES string of the molecule is COc1cc(OC)cc(-c2ccccc2C(=O)c2ccc(-n3cnc(C)c3)c(OC)c2)c1. The summed E-state index contributed by atoms with van der Waals surface area (Å²) in [6.45, 7) is 1.92. The maximum Gasteiger partial charge on any atom is 0.193 e. The first-order valence-electron chi connectivity index (χ1n) is 10.1. The molecule has 1 heterocycles. The van der Waals surface area contributed by atoms with Crippen molar-refractivity contribution in [2.45, 2.75) is 6.92 Å². The fourth-order valence-electron chi connectivity index (χ4n) is 3.64. The van der Waals surface area contributed by atoms with Crippen LogP contribution in [0.15, 0.2) is 73.2 Å². The summed E-state index contributed by atoms with van der Waals surface area (Å²) in [5, 5.41) is 0. The largest absolute Gasteiger partial charge is 0.497 e. The van der Waals surface area contributed by atoms with Crippen LogP contribution in [0.5, 0.6) is 17.2 Å². The Kier molecular flexibility index (Phi) is 5.94. The third kappa shape index (κ3) is 4.07. The Morgan fingerprint density at radius 1 is 0.875 bits per heavy atom. The highest BCUT2D eigenvalue weighted by Gasteiger charge is 2.18. The number of rotatable bonds is 7. The second kappa shape index (κ2) is 8.98. The lowest BCUT2D eigenvalue weighted by molar-refractivity contribution is 0.103. The summed E-state index contributed by atoms with van der Waals surface area (Å²) in [4.78, 5) is 17.8. The Balaban J connectivity index is 1.77. The van der Waals surface area contributed by atoms with E-state index in [0.29, 0.717) is 28.4 Å². The first-order chi connectivity index (χ1) is 15.5. The molecule has 3 aromatic carbocycles. The van der Waals surface area contributed by atoms with Crippen molar-refractivity contribution in [2.24, 2.45) is 0 Å². The first kappa shape index (κ1) is 21.2. The van der Waals surface area contributed by atoms with Gasteiger partial charge in [0.2, 0.25) is 0 Å². The Hall–Kier alpha value is -4.06. The minimum absolute atomic E-state index is 0.103. The van der Waals surface area contributed by atoms with Crippen LogP contribution < -0.4 is 14.2 Å². The van der Waals surface area contributed by atoms with Crippen molar-refractivity contribution in [2.75, 3.05) is 21.3 Å². The van der Waals surface area contributed by atoms with Gasteiger partial charge in [0.1, 0.15) is 17.2 Å². The molecule has 4 rings (SSSR count). The second-order valence-corrected chi connectivity index (χ2v) is 7.28. The molecule has 0 unspecified atom stereocenters. The van der Waals surface area contributed by atoms with Crippen LogP contribution in [0.4, 0.5) is 0 Å². The number of methoxy groups -OCH3 is 3. The molecular formula is C26H24N2O4. The van der Waals surface area contributed by atoms with Crippen molar-refractivity contribution in [1.29, 1.82) is 0 Å². The minimum atomic E-state index is -0.103. The number of hydrogen-bond acceptors (Lipinski definition) is 5. The van der Waals surface area contributed by atoms with Gasteiger partial charge in [-0.1, -0.05) is 24.3 Å². The molecule has 0 bridgehead atoms. The third-order valence-electron chi connectivity index (χ3n) is 5.27. The second-order valence-electron chi connectivity index (χ2n) is 7.28. The van der Waals surface area contributed by atoms with E-state index in [2.05, 4.69) is 4.98 Å². The van der Waals surface area contributed by atoms with Crippen molar-refractivity contribution in [1.82, 2.24) is 9.55 Å². The summed E-state index contributed by atoms with van der Waals surface area (Å²) in [5.74, 6) is 1.80. The lowest BCUT2D eigenvalue weighted by Crippen LogP contribution is -2.05. The Morgan fingerprint density at radius 3 is 2.22 bits per heavy atom. The van der Waals surface area contributed by atoms with Crippen molar-refractivity contribution < 1.29 is 19.0 Å². The van der Waals surface area contributed by atoms with E-state index in [9.17, 15) is 4.79 Å². The number of ketones is 1. The number of nitrogens with zero attached hydrogens (tertiary/aromatic N) is 2. The van der Waals surface area contributed by atoms with E-state index in [1.165, 1.54) is 0 Å². The molecule has 0 aliphatic heterocycles. The zero-order chi connectivity index (χ0) is 22.7. The number of carbonyl (C=O) groups excluding carboxylic acids is 1. The van der Waals surface area contributed by atoms with Gasteiger partial charge in [-0.15, -0.1) is 0 Å². The number of aromatic nitrogens is 2. The molecule has 0 radical (unpaired) electrons. The molecular weight excluding hydrogens is 404 g/mol. The molecule has 0 atom stereocenters. The maximum atomic E-state index is 13.5. The predicted molar refractivity (Wildman–Crippen MR) is 123 cm³/mol. The smallest absolute Gasteiger partial charge is 0.193 e. The van der Waals surface area contributed by atoms with Gasteiger partial charge in [-0.05, 0) is 48.4 Å². The summed E-state index contributed by atoms with van der Waals surface area (Å²) in [7, 11) is 4.80. The average molecular weight is 428 g/mol. The van der Waals surface area contributed by atoms with E-state index >= 15 is 0 Å². The highest BCUT2D eigenvalue weighted by atomic mass is 16.5. The molecule has 6 nitrogen and oxygen atoms in total. The molecule has 32 heavy (non-hydrogen) atoms. The number of hydrogen-bond donors (Lipinski definition) is 0. The van der Waals surface area contributed by atoms with Crippen LogP contribution in [0.2, 0.25) is 0 Å². The van der Waals surface area contributed by atoms with Crippen molar-refractivity contribution in [3.8, 4) is 34.1 Å². The van der Waals surface area contributed by atoms with E-state index in [1.807, 2.05) is 60.2 Å². The number of imidazole rings is 1. The fraction of sp³-hybridized carbons (Fsp3) is 0.154. The van der Waals surface area contributed by atoms with Gasteiger partial charge in [0.05, 0.1) is 39.0 Å². The highest BCUT2D eigenvalue weighted by molar-refractivity contribution is 6.13. The van der Waals surface area contributed by atoms with Crippen LogP contribution in [0, 0.1) is 6.92 Å². The van der Waals surface area contributed by atoms with Crippen LogP contribution in [0.25, 0.3) is 16.8 Å². The summed E-state index contributed by atoms with van der Waals surface area (Å²) in [5.41, 5.74) is 4.46. The van der Waals surface area contributed by atoms with Crippen molar-refractivity contribution >= 4 is 5.78 Å². The Bertz CT molecular complexity index is 1250. The molecule has 0 amide bonds. The number of ether oxygens (including phenoxy) is 3. The summed E-state index contributed by atoms with van der Waals surface area (Å²) in [6.07, 6.45) is 3.63. The lowest BCUT2D eigenvalue weighted by atomic mass is 9.93. The van der Waals surface area contributed by atoms with Crippen LogP contribution in [-0.2, 0) is 0 Å². The monoisotopic (exact) mass is 428 g/mol. The molecule has 0 saturated carbocycles. The maximum absolute atomic E-state index is 13.5. The van der Waals surface area contributed by atoms with Crippen LogP contribution >= 0.6 is 0 Å². The first-order valence-corrected chi connectivity index (χ1v) is 10.1. The van der Waals surface area contributed by atoms with Gasteiger partial charge in [0, 0.05) is 23.4 Å². The molecule has 4 aromatic rings. The third-order valence-corrected chi connectivity index (χ3v) is 5.27. The fourth-order valence-corrected chi connectivity index (χ4v) is 3.64.